The molecule has 0 saturated heterocycles. The first kappa shape index (κ1) is 8.88. The number of aliphatic hydroxyl groups excluding tert-OH is 2. The summed E-state index contributed by atoms with van der Waals surface area (Å²) in [5, 5.41) is 17.5. The predicted molar refractivity (Wildman–Crippen MR) is 36.0 cm³/mol. The Balaban J connectivity index is 3.50. The summed E-state index contributed by atoms with van der Waals surface area (Å²) in [5.41, 5.74) is 0. The van der Waals surface area contributed by atoms with Crippen molar-refractivity contribution in [2.24, 2.45) is 0 Å². The summed E-state index contributed by atoms with van der Waals surface area (Å²) in [6.45, 7) is 5.27. The van der Waals surface area contributed by atoms with Crippen molar-refractivity contribution in [2.75, 3.05) is 19.7 Å². The van der Waals surface area contributed by atoms with E-state index in [-0.39, 0.29) is 6.61 Å². The molecule has 0 heterocycles. The summed E-state index contributed by atoms with van der Waals surface area (Å²) in [4.78, 5) is 1.78. The van der Waals surface area contributed by atoms with Crippen LogP contribution in [0.15, 0.2) is 0 Å². The molecule has 0 aliphatic heterocycles. The van der Waals surface area contributed by atoms with Gasteiger partial charge in [0.15, 0.2) is 0 Å². The molecule has 0 saturated carbocycles. The lowest BCUT2D eigenvalue weighted by molar-refractivity contribution is -0.0292. The van der Waals surface area contributed by atoms with Crippen LogP contribution in [0.25, 0.3) is 0 Å². The van der Waals surface area contributed by atoms with Crippen molar-refractivity contribution < 1.29 is 10.2 Å². The molecular formula is C6H15NO2. The van der Waals surface area contributed by atoms with E-state index in [4.69, 9.17) is 10.2 Å². The molecule has 0 radical (unpaired) electrons. The quantitative estimate of drug-likeness (QED) is 0.515. The van der Waals surface area contributed by atoms with Crippen LogP contribution < -0.4 is 0 Å². The molecule has 0 aliphatic rings. The smallest absolute Gasteiger partial charge is 0.130 e. The Morgan fingerprint density at radius 1 is 1.33 bits per heavy atom. The molecule has 2 N–H and O–H groups in total. The number of aliphatic hydroxyl groups is 2. The molecule has 0 rings (SSSR count). The Morgan fingerprint density at radius 2 is 1.78 bits per heavy atom. The molecule has 0 aromatic rings. The molecular weight excluding hydrogens is 118 g/mol. The van der Waals surface area contributed by atoms with E-state index >= 15 is 0 Å². The van der Waals surface area contributed by atoms with Gasteiger partial charge < -0.3 is 10.2 Å². The molecule has 0 aliphatic carbocycles. The van der Waals surface area contributed by atoms with Crippen LogP contribution in [0.2, 0.25) is 0 Å². The lowest BCUT2D eigenvalue weighted by atomic mass is 10.4. The molecule has 0 aromatic heterocycles. The Labute approximate surface area is 55.9 Å². The van der Waals surface area contributed by atoms with Crippen LogP contribution in [0, 0.1) is 0 Å². The maximum absolute atomic E-state index is 8.99. The third kappa shape index (κ3) is 2.79. The van der Waals surface area contributed by atoms with E-state index in [9.17, 15) is 0 Å². The van der Waals surface area contributed by atoms with Gasteiger partial charge in [-0.15, -0.1) is 0 Å². The lowest BCUT2D eigenvalue weighted by Gasteiger charge is -2.22. The first-order chi connectivity index (χ1) is 4.26. The van der Waals surface area contributed by atoms with Crippen LogP contribution >= 0.6 is 0 Å². The largest absolute Gasteiger partial charge is 0.392 e. The molecule has 0 amide bonds. The second-order valence-electron chi connectivity index (χ2n) is 1.88. The fourth-order valence-electron chi connectivity index (χ4n) is 0.761. The SMILES string of the molecule is CCN(CC)C(O)CO. The van der Waals surface area contributed by atoms with Gasteiger partial charge in [0.25, 0.3) is 0 Å². The number of likely N-dealkylation sites (N-methyl/N-ethyl adjacent to an activating group) is 1. The maximum Gasteiger partial charge on any atom is 0.130 e. The zero-order valence-corrected chi connectivity index (χ0v) is 6.04. The van der Waals surface area contributed by atoms with Crippen molar-refractivity contribution in [3.05, 3.63) is 0 Å². The highest BCUT2D eigenvalue weighted by Crippen LogP contribution is 1.92. The summed E-state index contributed by atoms with van der Waals surface area (Å²) in [6.07, 6.45) is -0.681. The molecule has 1 unspecified atom stereocenters. The van der Waals surface area contributed by atoms with Crippen LogP contribution in [0.3, 0.4) is 0 Å². The van der Waals surface area contributed by atoms with Gasteiger partial charge in [-0.1, -0.05) is 13.8 Å². The number of hydrogen-bond acceptors (Lipinski definition) is 3. The van der Waals surface area contributed by atoms with Gasteiger partial charge in [0, 0.05) is 0 Å². The van der Waals surface area contributed by atoms with Crippen molar-refractivity contribution in [1.82, 2.24) is 4.90 Å². The summed E-state index contributed by atoms with van der Waals surface area (Å²) in [7, 11) is 0. The van der Waals surface area contributed by atoms with Crippen molar-refractivity contribution >= 4 is 0 Å². The molecule has 0 spiro atoms. The van der Waals surface area contributed by atoms with E-state index in [0.717, 1.165) is 13.1 Å². The molecule has 3 heteroatoms. The predicted octanol–water partition coefficient (Wildman–Crippen LogP) is -0.361. The van der Waals surface area contributed by atoms with Gasteiger partial charge in [-0.05, 0) is 13.1 Å². The van der Waals surface area contributed by atoms with Gasteiger partial charge in [-0.25, -0.2) is 0 Å². The monoisotopic (exact) mass is 133 g/mol. The minimum atomic E-state index is -0.681. The lowest BCUT2D eigenvalue weighted by Crippen LogP contribution is -2.37. The second kappa shape index (κ2) is 4.73. The first-order valence-electron chi connectivity index (χ1n) is 3.29. The zero-order chi connectivity index (χ0) is 7.28. The highest BCUT2D eigenvalue weighted by atomic mass is 16.3. The van der Waals surface area contributed by atoms with E-state index in [2.05, 4.69) is 0 Å². The van der Waals surface area contributed by atoms with Gasteiger partial charge in [0.1, 0.15) is 6.23 Å². The average molecular weight is 133 g/mol. The normalized spacial score (nSPS) is 14.3. The zero-order valence-electron chi connectivity index (χ0n) is 6.04. The number of hydrogen-bond donors (Lipinski definition) is 2. The van der Waals surface area contributed by atoms with E-state index in [1.165, 1.54) is 0 Å². The Kier molecular flexibility index (Phi) is 4.67. The standard InChI is InChI=1S/C6H15NO2/c1-3-7(4-2)6(9)5-8/h6,8-9H,3-5H2,1-2H3. The second-order valence-corrected chi connectivity index (χ2v) is 1.88. The minimum Gasteiger partial charge on any atom is -0.392 e. The van der Waals surface area contributed by atoms with Crippen LogP contribution in [-0.4, -0.2) is 41.0 Å². The van der Waals surface area contributed by atoms with Crippen LogP contribution in [0.5, 0.6) is 0 Å². The number of rotatable bonds is 4. The third-order valence-corrected chi connectivity index (χ3v) is 1.40. The number of nitrogens with zero attached hydrogens (tertiary/aromatic N) is 1. The molecule has 1 atom stereocenters. The van der Waals surface area contributed by atoms with Gasteiger partial charge in [0.05, 0.1) is 6.61 Å². The van der Waals surface area contributed by atoms with Crippen molar-refractivity contribution in [3.8, 4) is 0 Å². The molecule has 0 aromatic carbocycles. The Hall–Kier alpha value is -0.120. The third-order valence-electron chi connectivity index (χ3n) is 1.40. The van der Waals surface area contributed by atoms with Crippen LogP contribution in [-0.2, 0) is 0 Å². The Morgan fingerprint density at radius 3 is 1.89 bits per heavy atom. The fraction of sp³-hybridized carbons (Fsp3) is 1.00. The van der Waals surface area contributed by atoms with Gasteiger partial charge >= 0.3 is 0 Å². The van der Waals surface area contributed by atoms with Crippen molar-refractivity contribution in [3.63, 3.8) is 0 Å². The van der Waals surface area contributed by atoms with E-state index < -0.39 is 6.23 Å². The van der Waals surface area contributed by atoms with Crippen LogP contribution in [0.4, 0.5) is 0 Å². The summed E-state index contributed by atoms with van der Waals surface area (Å²) < 4.78 is 0. The molecule has 9 heavy (non-hydrogen) atoms. The summed E-state index contributed by atoms with van der Waals surface area (Å²) in [6, 6.07) is 0. The highest BCUT2D eigenvalue weighted by Gasteiger charge is 2.08. The first-order valence-corrected chi connectivity index (χ1v) is 3.29. The van der Waals surface area contributed by atoms with Gasteiger partial charge in [0.2, 0.25) is 0 Å². The highest BCUT2D eigenvalue weighted by molar-refractivity contribution is 4.54. The van der Waals surface area contributed by atoms with E-state index in [0.29, 0.717) is 0 Å². The summed E-state index contributed by atoms with van der Waals surface area (Å²) >= 11 is 0. The topological polar surface area (TPSA) is 43.7 Å². The van der Waals surface area contributed by atoms with Gasteiger partial charge in [-0.3, -0.25) is 4.90 Å². The van der Waals surface area contributed by atoms with Crippen LogP contribution in [0.1, 0.15) is 13.8 Å². The molecule has 0 fully saturated rings. The van der Waals surface area contributed by atoms with Gasteiger partial charge in [-0.2, -0.15) is 0 Å². The van der Waals surface area contributed by atoms with Crippen molar-refractivity contribution in [2.45, 2.75) is 20.1 Å². The Bertz CT molecular complexity index is 64.1. The minimum absolute atomic E-state index is 0.179. The fourth-order valence-corrected chi connectivity index (χ4v) is 0.761. The van der Waals surface area contributed by atoms with Crippen molar-refractivity contribution in [1.29, 1.82) is 0 Å². The molecule has 56 valence electrons. The molecule has 0 bridgehead atoms. The summed E-state index contributed by atoms with van der Waals surface area (Å²) in [5.74, 6) is 0. The van der Waals surface area contributed by atoms with E-state index in [1.54, 1.807) is 4.90 Å². The van der Waals surface area contributed by atoms with E-state index in [1.807, 2.05) is 13.8 Å². The maximum atomic E-state index is 8.99. The average Bonchev–Trinajstić information content (AvgIpc) is 1.90. The molecule has 3 nitrogen and oxygen atoms in total.